The van der Waals surface area contributed by atoms with E-state index in [4.69, 9.17) is 0 Å². The van der Waals surface area contributed by atoms with Gasteiger partial charge in [0.05, 0.1) is 10.8 Å². The average molecular weight is 322 g/mol. The minimum Gasteiger partial charge on any atom is -0.353 e. The standard InChI is InChI=1S/C16H22N2O3S/c1-2-14(18-11-6-9-15(18)19)16(20)17-10-12-22(21)13-7-4-3-5-8-13/h3-5,7-8,14H,2,6,9-12H2,1H3,(H,17,20)/t14-,22-/m1/s1. The van der Waals surface area contributed by atoms with Crippen LogP contribution in [0.15, 0.2) is 35.2 Å². The first kappa shape index (κ1) is 16.7. The molecule has 2 rings (SSSR count). The van der Waals surface area contributed by atoms with Crippen molar-refractivity contribution in [2.75, 3.05) is 18.8 Å². The molecule has 120 valence electrons. The maximum absolute atomic E-state index is 12.2. The number of nitrogens with one attached hydrogen (secondary N) is 1. The van der Waals surface area contributed by atoms with Crippen LogP contribution in [0.1, 0.15) is 26.2 Å². The fourth-order valence-corrected chi connectivity index (χ4v) is 3.60. The number of amides is 2. The Labute approximate surface area is 133 Å². The summed E-state index contributed by atoms with van der Waals surface area (Å²) in [6.45, 7) is 2.90. The molecule has 1 aromatic rings. The molecule has 6 heteroatoms. The van der Waals surface area contributed by atoms with Gasteiger partial charge in [-0.2, -0.15) is 0 Å². The summed E-state index contributed by atoms with van der Waals surface area (Å²) in [6.07, 6.45) is 1.95. The molecule has 1 aliphatic heterocycles. The quantitative estimate of drug-likeness (QED) is 0.823. The van der Waals surface area contributed by atoms with Crippen LogP contribution < -0.4 is 5.32 Å². The van der Waals surface area contributed by atoms with Crippen molar-refractivity contribution < 1.29 is 13.8 Å². The van der Waals surface area contributed by atoms with Gasteiger partial charge >= 0.3 is 0 Å². The molecule has 2 amide bonds. The van der Waals surface area contributed by atoms with Gasteiger partial charge < -0.3 is 10.2 Å². The first-order valence-electron chi connectivity index (χ1n) is 7.64. The lowest BCUT2D eigenvalue weighted by Gasteiger charge is -2.25. The molecule has 1 aromatic carbocycles. The third kappa shape index (κ3) is 4.16. The van der Waals surface area contributed by atoms with E-state index in [1.54, 1.807) is 4.90 Å². The van der Waals surface area contributed by atoms with E-state index in [1.165, 1.54) is 0 Å². The smallest absolute Gasteiger partial charge is 0.242 e. The number of rotatable bonds is 7. The molecule has 0 aromatic heterocycles. The Morgan fingerprint density at radius 2 is 2.09 bits per heavy atom. The lowest BCUT2D eigenvalue weighted by Crippen LogP contribution is -2.47. The van der Waals surface area contributed by atoms with E-state index in [1.807, 2.05) is 37.3 Å². The second-order valence-electron chi connectivity index (χ2n) is 5.27. The molecule has 2 atom stereocenters. The van der Waals surface area contributed by atoms with Crippen LogP contribution in [0.2, 0.25) is 0 Å². The van der Waals surface area contributed by atoms with Crippen LogP contribution in [0.5, 0.6) is 0 Å². The maximum atomic E-state index is 12.2. The minimum absolute atomic E-state index is 0.0508. The van der Waals surface area contributed by atoms with E-state index in [-0.39, 0.29) is 11.8 Å². The van der Waals surface area contributed by atoms with Crippen molar-refractivity contribution in [3.8, 4) is 0 Å². The van der Waals surface area contributed by atoms with Crippen molar-refractivity contribution in [3.63, 3.8) is 0 Å². The molecule has 1 aliphatic rings. The highest BCUT2D eigenvalue weighted by molar-refractivity contribution is 7.85. The molecule has 0 unspecified atom stereocenters. The maximum Gasteiger partial charge on any atom is 0.242 e. The Bertz CT molecular complexity index is 548. The molecule has 0 aliphatic carbocycles. The van der Waals surface area contributed by atoms with Crippen LogP contribution in [-0.4, -0.2) is 45.8 Å². The van der Waals surface area contributed by atoms with Crippen molar-refractivity contribution in [2.24, 2.45) is 0 Å². The van der Waals surface area contributed by atoms with Crippen LogP contribution in [0.3, 0.4) is 0 Å². The summed E-state index contributed by atoms with van der Waals surface area (Å²) in [6, 6.07) is 8.79. The predicted octanol–water partition coefficient (Wildman–Crippen LogP) is 1.31. The van der Waals surface area contributed by atoms with Gasteiger partial charge in [0.1, 0.15) is 6.04 Å². The number of hydrogen-bond acceptors (Lipinski definition) is 3. The number of likely N-dealkylation sites (tertiary alicyclic amines) is 1. The lowest BCUT2D eigenvalue weighted by molar-refractivity contribution is -0.137. The number of hydrogen-bond donors (Lipinski definition) is 1. The average Bonchev–Trinajstić information content (AvgIpc) is 2.95. The van der Waals surface area contributed by atoms with Crippen LogP contribution in [0.4, 0.5) is 0 Å². The van der Waals surface area contributed by atoms with Crippen molar-refractivity contribution >= 4 is 22.6 Å². The van der Waals surface area contributed by atoms with Gasteiger partial charge in [0.25, 0.3) is 0 Å². The number of carbonyl (C=O) groups is 2. The number of benzene rings is 1. The summed E-state index contributed by atoms with van der Waals surface area (Å²) in [7, 11) is -1.12. The summed E-state index contributed by atoms with van der Waals surface area (Å²) in [5, 5.41) is 2.81. The number of nitrogens with zero attached hydrogens (tertiary/aromatic N) is 1. The van der Waals surface area contributed by atoms with Gasteiger partial charge in [-0.1, -0.05) is 25.1 Å². The monoisotopic (exact) mass is 322 g/mol. The molecule has 0 spiro atoms. The zero-order valence-corrected chi connectivity index (χ0v) is 13.6. The van der Waals surface area contributed by atoms with Crippen molar-refractivity contribution in [2.45, 2.75) is 37.1 Å². The van der Waals surface area contributed by atoms with Gasteiger partial charge in [-0.15, -0.1) is 0 Å². The molecular formula is C16H22N2O3S. The Hall–Kier alpha value is -1.69. The molecule has 5 nitrogen and oxygen atoms in total. The van der Waals surface area contributed by atoms with Gasteiger partial charge in [0.2, 0.25) is 11.8 Å². The molecule has 22 heavy (non-hydrogen) atoms. The van der Waals surface area contributed by atoms with E-state index in [2.05, 4.69) is 5.32 Å². The van der Waals surface area contributed by atoms with Crippen LogP contribution in [0, 0.1) is 0 Å². The van der Waals surface area contributed by atoms with Crippen molar-refractivity contribution in [1.29, 1.82) is 0 Å². The fourth-order valence-electron chi connectivity index (χ4n) is 2.62. The summed E-state index contributed by atoms with van der Waals surface area (Å²) < 4.78 is 12.1. The molecule has 0 saturated carbocycles. The third-order valence-electron chi connectivity index (χ3n) is 3.77. The van der Waals surface area contributed by atoms with Gasteiger partial charge in [-0.3, -0.25) is 13.8 Å². The second kappa shape index (κ2) is 8.08. The molecular weight excluding hydrogens is 300 g/mol. The predicted molar refractivity (Wildman–Crippen MR) is 85.8 cm³/mol. The highest BCUT2D eigenvalue weighted by atomic mass is 32.2. The van der Waals surface area contributed by atoms with Gasteiger partial charge in [0.15, 0.2) is 0 Å². The first-order valence-corrected chi connectivity index (χ1v) is 8.96. The Morgan fingerprint density at radius 3 is 2.68 bits per heavy atom. The normalized spacial score (nSPS) is 17.3. The van der Waals surface area contributed by atoms with E-state index < -0.39 is 16.8 Å². The largest absolute Gasteiger partial charge is 0.353 e. The zero-order chi connectivity index (χ0) is 15.9. The highest BCUT2D eigenvalue weighted by Crippen LogP contribution is 2.15. The van der Waals surface area contributed by atoms with Gasteiger partial charge in [-0.25, -0.2) is 0 Å². The Kier molecular flexibility index (Phi) is 6.12. The molecule has 1 N–H and O–H groups in total. The highest BCUT2D eigenvalue weighted by Gasteiger charge is 2.31. The van der Waals surface area contributed by atoms with Crippen LogP contribution in [-0.2, 0) is 20.4 Å². The van der Waals surface area contributed by atoms with Gasteiger partial charge in [-0.05, 0) is 25.0 Å². The second-order valence-corrected chi connectivity index (χ2v) is 6.84. The molecule has 1 saturated heterocycles. The fraction of sp³-hybridized carbons (Fsp3) is 0.500. The van der Waals surface area contributed by atoms with Gasteiger partial charge in [0, 0.05) is 30.2 Å². The zero-order valence-electron chi connectivity index (χ0n) is 12.8. The van der Waals surface area contributed by atoms with Crippen molar-refractivity contribution in [3.05, 3.63) is 30.3 Å². The summed E-state index contributed by atoms with van der Waals surface area (Å²) in [5.74, 6) is 0.276. The number of carbonyl (C=O) groups excluding carboxylic acids is 2. The van der Waals surface area contributed by atoms with E-state index in [0.717, 1.165) is 11.3 Å². The molecule has 1 fully saturated rings. The first-order chi connectivity index (χ1) is 10.6. The molecule has 0 radical (unpaired) electrons. The Morgan fingerprint density at radius 1 is 1.36 bits per heavy atom. The SMILES string of the molecule is CC[C@H](C(=O)NCC[S@@](=O)c1ccccc1)N1CCCC1=O. The summed E-state index contributed by atoms with van der Waals surface area (Å²) in [4.78, 5) is 26.4. The van der Waals surface area contributed by atoms with E-state index in [0.29, 0.717) is 31.7 Å². The molecule has 0 bridgehead atoms. The summed E-state index contributed by atoms with van der Waals surface area (Å²) >= 11 is 0. The Balaban J connectivity index is 1.81. The van der Waals surface area contributed by atoms with E-state index >= 15 is 0 Å². The van der Waals surface area contributed by atoms with Crippen LogP contribution in [0.25, 0.3) is 0 Å². The molecule has 1 heterocycles. The van der Waals surface area contributed by atoms with Crippen molar-refractivity contribution in [1.82, 2.24) is 10.2 Å². The lowest BCUT2D eigenvalue weighted by atomic mass is 10.2. The third-order valence-corrected chi connectivity index (χ3v) is 5.14. The summed E-state index contributed by atoms with van der Waals surface area (Å²) in [5.41, 5.74) is 0. The van der Waals surface area contributed by atoms with E-state index in [9.17, 15) is 13.8 Å². The minimum atomic E-state index is -1.12. The van der Waals surface area contributed by atoms with Crippen LogP contribution >= 0.6 is 0 Å². The topological polar surface area (TPSA) is 66.5 Å².